The molecule has 0 bridgehead atoms. The SMILES string of the molecule is C[C@@H](Cn1cnnn1)Oc1cc(-c2cnc(Nc3cn(C4CCC(N5CCOCC5)CC4)nc3OCC3CC3(F)F)nc2)ccc1Cl. The van der Waals surface area contributed by atoms with Gasteiger partial charge in [0.1, 0.15) is 23.9 Å². The lowest BCUT2D eigenvalue weighted by Gasteiger charge is -2.38. The lowest BCUT2D eigenvalue weighted by molar-refractivity contribution is 0.00502. The molecule has 16 heteroatoms. The molecule has 13 nitrogen and oxygen atoms in total. The van der Waals surface area contributed by atoms with Crippen LogP contribution in [0.4, 0.5) is 20.4 Å². The number of aromatic nitrogens is 8. The van der Waals surface area contributed by atoms with Gasteiger partial charge in [0.05, 0.1) is 49.5 Å². The van der Waals surface area contributed by atoms with E-state index < -0.39 is 11.8 Å². The van der Waals surface area contributed by atoms with E-state index in [0.29, 0.717) is 35.0 Å². The third-order valence-electron chi connectivity index (χ3n) is 9.00. The highest BCUT2D eigenvalue weighted by Gasteiger charge is 2.57. The fourth-order valence-corrected chi connectivity index (χ4v) is 6.39. The summed E-state index contributed by atoms with van der Waals surface area (Å²) in [6.07, 6.45) is 10.4. The highest BCUT2D eigenvalue weighted by Crippen LogP contribution is 2.49. The largest absolute Gasteiger partial charge is 0.487 e. The Morgan fingerprint density at radius 2 is 1.83 bits per heavy atom. The van der Waals surface area contributed by atoms with Crippen molar-refractivity contribution in [2.45, 2.75) is 69.7 Å². The maximum absolute atomic E-state index is 13.6. The average molecular weight is 671 g/mol. The van der Waals surface area contributed by atoms with Crippen LogP contribution in [0.5, 0.6) is 11.6 Å². The standard InChI is InChI=1S/C31H37ClF2N10O3/c1-20(16-43-19-37-40-41-43)47-28-12-21(2-7-26(28)32)22-14-35-30(36-15-22)38-27-17-44(39-29(27)46-18-23-13-31(23,33)34)25-5-3-24(4-6-25)42-8-10-45-11-9-42/h2,7,12,14-15,17,19-20,23-25H,3-6,8-11,13,16,18H2,1H3,(H,35,36,38)/t20-,23?,24?,25?/m0/s1. The Kier molecular flexibility index (Phi) is 9.19. The molecule has 2 atom stereocenters. The van der Waals surface area contributed by atoms with Gasteiger partial charge in [-0.25, -0.2) is 23.4 Å². The molecule has 1 unspecified atom stereocenters. The molecule has 47 heavy (non-hydrogen) atoms. The van der Waals surface area contributed by atoms with E-state index in [2.05, 4.69) is 35.7 Å². The Morgan fingerprint density at radius 3 is 2.53 bits per heavy atom. The molecule has 0 spiro atoms. The first-order valence-corrected chi connectivity index (χ1v) is 16.4. The number of anilines is 2. The minimum Gasteiger partial charge on any atom is -0.487 e. The van der Waals surface area contributed by atoms with Gasteiger partial charge in [0.2, 0.25) is 5.95 Å². The van der Waals surface area contributed by atoms with E-state index in [9.17, 15) is 8.78 Å². The Bertz CT molecular complexity index is 1630. The van der Waals surface area contributed by atoms with Gasteiger partial charge in [-0.2, -0.15) is 0 Å². The van der Waals surface area contributed by atoms with E-state index in [1.165, 1.54) is 6.33 Å². The lowest BCUT2D eigenvalue weighted by atomic mass is 9.90. The predicted octanol–water partition coefficient (Wildman–Crippen LogP) is 5.04. The Balaban J connectivity index is 1.03. The summed E-state index contributed by atoms with van der Waals surface area (Å²) < 4.78 is 48.2. The van der Waals surface area contributed by atoms with Crippen molar-refractivity contribution in [3.8, 4) is 22.8 Å². The summed E-state index contributed by atoms with van der Waals surface area (Å²) in [7, 11) is 0. The van der Waals surface area contributed by atoms with Crippen LogP contribution < -0.4 is 14.8 Å². The molecule has 4 heterocycles. The monoisotopic (exact) mass is 670 g/mol. The summed E-state index contributed by atoms with van der Waals surface area (Å²) in [6, 6.07) is 6.20. The van der Waals surface area contributed by atoms with Crippen LogP contribution in [0.25, 0.3) is 11.1 Å². The van der Waals surface area contributed by atoms with Crippen LogP contribution in [0.3, 0.4) is 0 Å². The molecule has 2 saturated carbocycles. The number of rotatable bonds is 12. The molecule has 1 aliphatic heterocycles. The number of hydrogen-bond donors (Lipinski definition) is 1. The van der Waals surface area contributed by atoms with E-state index >= 15 is 0 Å². The molecule has 2 aliphatic carbocycles. The van der Waals surface area contributed by atoms with E-state index in [4.69, 9.17) is 30.9 Å². The van der Waals surface area contributed by atoms with Crippen LogP contribution in [0, 0.1) is 5.92 Å². The minimum absolute atomic E-state index is 0.0996. The summed E-state index contributed by atoms with van der Waals surface area (Å²) in [5.41, 5.74) is 2.11. The number of hydrogen-bond acceptors (Lipinski definition) is 11. The van der Waals surface area contributed by atoms with Gasteiger partial charge in [-0.1, -0.05) is 17.7 Å². The quantitative estimate of drug-likeness (QED) is 0.218. The van der Waals surface area contributed by atoms with Gasteiger partial charge >= 0.3 is 0 Å². The molecule has 4 aromatic rings. The van der Waals surface area contributed by atoms with Crippen molar-refractivity contribution in [1.82, 2.24) is 44.9 Å². The highest BCUT2D eigenvalue weighted by atomic mass is 35.5. The second-order valence-electron chi connectivity index (χ2n) is 12.4. The second-order valence-corrected chi connectivity index (χ2v) is 12.8. The number of tetrazole rings is 1. The van der Waals surface area contributed by atoms with Gasteiger partial charge in [-0.3, -0.25) is 9.58 Å². The molecular formula is C31H37ClF2N10O3. The number of benzene rings is 1. The third kappa shape index (κ3) is 7.63. The molecule has 1 aromatic carbocycles. The number of nitrogens with zero attached hydrogens (tertiary/aromatic N) is 9. The fraction of sp³-hybridized carbons (Fsp3) is 0.548. The van der Waals surface area contributed by atoms with Gasteiger partial charge in [0, 0.05) is 43.5 Å². The number of ether oxygens (including phenoxy) is 3. The zero-order valence-corrected chi connectivity index (χ0v) is 26.8. The number of nitrogens with one attached hydrogen (secondary N) is 1. The molecule has 7 rings (SSSR count). The van der Waals surface area contributed by atoms with Crippen LogP contribution >= 0.6 is 11.6 Å². The van der Waals surface area contributed by atoms with Crippen molar-refractivity contribution in [2.24, 2.45) is 5.92 Å². The molecule has 0 radical (unpaired) electrons. The molecule has 3 aromatic heterocycles. The zero-order chi connectivity index (χ0) is 32.4. The predicted molar refractivity (Wildman–Crippen MR) is 168 cm³/mol. The first kappa shape index (κ1) is 31.6. The first-order chi connectivity index (χ1) is 22.8. The Labute approximate surface area is 275 Å². The van der Waals surface area contributed by atoms with E-state index in [0.717, 1.165) is 63.1 Å². The van der Waals surface area contributed by atoms with Crippen LogP contribution in [0.2, 0.25) is 5.02 Å². The van der Waals surface area contributed by atoms with Crippen molar-refractivity contribution in [3.05, 3.63) is 48.1 Å². The lowest BCUT2D eigenvalue weighted by Crippen LogP contribution is -2.45. The van der Waals surface area contributed by atoms with E-state index in [-0.39, 0.29) is 31.1 Å². The number of alkyl halides is 2. The Hall–Kier alpha value is -3.95. The second kappa shape index (κ2) is 13.6. The normalized spacial score (nSPS) is 23.3. The summed E-state index contributed by atoms with van der Waals surface area (Å²) in [4.78, 5) is 11.6. The molecule has 1 saturated heterocycles. The third-order valence-corrected chi connectivity index (χ3v) is 9.32. The maximum Gasteiger partial charge on any atom is 0.256 e. The first-order valence-electron chi connectivity index (χ1n) is 16.0. The van der Waals surface area contributed by atoms with Crippen LogP contribution in [-0.2, 0) is 11.3 Å². The van der Waals surface area contributed by atoms with Gasteiger partial charge in [-0.15, -0.1) is 10.2 Å². The summed E-state index contributed by atoms with van der Waals surface area (Å²) in [6.45, 7) is 5.79. The molecular weight excluding hydrogens is 634 g/mol. The molecule has 1 N–H and O–H groups in total. The Morgan fingerprint density at radius 1 is 1.09 bits per heavy atom. The zero-order valence-electron chi connectivity index (χ0n) is 26.0. The summed E-state index contributed by atoms with van der Waals surface area (Å²) in [5.74, 6) is -2.36. The molecule has 3 aliphatic rings. The van der Waals surface area contributed by atoms with Gasteiger partial charge < -0.3 is 19.5 Å². The van der Waals surface area contributed by atoms with Crippen molar-refractivity contribution in [1.29, 1.82) is 0 Å². The maximum atomic E-state index is 13.6. The fourth-order valence-electron chi connectivity index (χ4n) is 6.23. The molecule has 250 valence electrons. The summed E-state index contributed by atoms with van der Waals surface area (Å²) in [5, 5.41) is 19.5. The number of morpholine rings is 1. The summed E-state index contributed by atoms with van der Waals surface area (Å²) >= 11 is 6.42. The average Bonchev–Trinajstić information content (AvgIpc) is 3.40. The van der Waals surface area contributed by atoms with Crippen molar-refractivity contribution < 1.29 is 23.0 Å². The number of halogens is 3. The van der Waals surface area contributed by atoms with Crippen LogP contribution in [0.1, 0.15) is 45.1 Å². The van der Waals surface area contributed by atoms with Gasteiger partial charge in [0.25, 0.3) is 11.8 Å². The highest BCUT2D eigenvalue weighted by molar-refractivity contribution is 6.32. The van der Waals surface area contributed by atoms with Crippen molar-refractivity contribution >= 4 is 23.2 Å². The van der Waals surface area contributed by atoms with Crippen LogP contribution in [-0.4, -0.2) is 95.8 Å². The van der Waals surface area contributed by atoms with Crippen LogP contribution in [0.15, 0.2) is 43.1 Å². The van der Waals surface area contributed by atoms with Crippen molar-refractivity contribution in [2.75, 3.05) is 38.2 Å². The van der Waals surface area contributed by atoms with Gasteiger partial charge in [-0.05, 0) is 60.7 Å². The smallest absolute Gasteiger partial charge is 0.256 e. The van der Waals surface area contributed by atoms with Gasteiger partial charge in [0.15, 0.2) is 0 Å². The molecule has 0 amide bonds. The van der Waals surface area contributed by atoms with E-state index in [1.807, 2.05) is 29.9 Å². The van der Waals surface area contributed by atoms with Crippen molar-refractivity contribution in [3.63, 3.8) is 0 Å². The minimum atomic E-state index is -2.67. The van der Waals surface area contributed by atoms with E-state index in [1.54, 1.807) is 23.1 Å². The topological polar surface area (TPSA) is 130 Å². The molecule has 3 fully saturated rings.